The van der Waals surface area contributed by atoms with Gasteiger partial charge in [0.05, 0.1) is 6.20 Å². The predicted molar refractivity (Wildman–Crippen MR) is 83.9 cm³/mol. The fraction of sp³-hybridized carbons (Fsp3) is 0.471. The van der Waals surface area contributed by atoms with Gasteiger partial charge in [0.25, 0.3) is 0 Å². The van der Waals surface area contributed by atoms with E-state index in [1.54, 1.807) is 0 Å². The molecule has 2 rings (SSSR count). The molecular formula is C17H25N3. The summed E-state index contributed by atoms with van der Waals surface area (Å²) in [6.45, 7) is 7.52. The van der Waals surface area contributed by atoms with Crippen LogP contribution in [0.15, 0.2) is 30.5 Å². The summed E-state index contributed by atoms with van der Waals surface area (Å²) in [6, 6.07) is 9.10. The molecule has 1 atom stereocenters. The first kappa shape index (κ1) is 14.8. The fourth-order valence-electron chi connectivity index (χ4n) is 2.54. The number of nitrogens with one attached hydrogen (secondary N) is 1. The van der Waals surface area contributed by atoms with Gasteiger partial charge in [-0.2, -0.15) is 5.10 Å². The largest absolute Gasteiger partial charge is 0.310 e. The van der Waals surface area contributed by atoms with Crippen molar-refractivity contribution in [2.45, 2.75) is 39.7 Å². The van der Waals surface area contributed by atoms with Crippen LogP contribution in [0.4, 0.5) is 0 Å². The average molecular weight is 271 g/mol. The van der Waals surface area contributed by atoms with E-state index in [2.05, 4.69) is 55.5 Å². The molecule has 3 heteroatoms. The van der Waals surface area contributed by atoms with Gasteiger partial charge in [-0.15, -0.1) is 0 Å². The van der Waals surface area contributed by atoms with Gasteiger partial charge >= 0.3 is 0 Å². The molecule has 0 fully saturated rings. The molecule has 0 saturated carbocycles. The maximum atomic E-state index is 4.38. The molecule has 1 aromatic carbocycles. The van der Waals surface area contributed by atoms with Crippen molar-refractivity contribution in [3.63, 3.8) is 0 Å². The minimum absolute atomic E-state index is 0.338. The summed E-state index contributed by atoms with van der Waals surface area (Å²) in [5, 5.41) is 8.04. The minimum atomic E-state index is 0.338. The van der Waals surface area contributed by atoms with Gasteiger partial charge in [0.15, 0.2) is 0 Å². The quantitative estimate of drug-likeness (QED) is 0.873. The molecule has 1 unspecified atom stereocenters. The monoisotopic (exact) mass is 271 g/mol. The molecule has 0 bridgehead atoms. The summed E-state index contributed by atoms with van der Waals surface area (Å²) in [7, 11) is 2.00. The van der Waals surface area contributed by atoms with Crippen molar-refractivity contribution in [3.8, 4) is 0 Å². The Kier molecular flexibility index (Phi) is 4.96. The molecule has 108 valence electrons. The standard InChI is InChI=1S/C17H25N3/c1-5-9-18-17(16-12-19-20(4)14(16)3)11-15-8-6-7-13(2)10-15/h6-8,10,12,17-18H,5,9,11H2,1-4H3. The van der Waals surface area contributed by atoms with Crippen LogP contribution in [0.1, 0.15) is 41.8 Å². The highest BCUT2D eigenvalue weighted by Crippen LogP contribution is 2.21. The second-order valence-corrected chi connectivity index (χ2v) is 5.51. The van der Waals surface area contributed by atoms with Crippen molar-refractivity contribution in [1.82, 2.24) is 15.1 Å². The van der Waals surface area contributed by atoms with Crippen LogP contribution >= 0.6 is 0 Å². The molecule has 0 radical (unpaired) electrons. The Morgan fingerprint density at radius 2 is 2.10 bits per heavy atom. The van der Waals surface area contributed by atoms with Gasteiger partial charge in [-0.3, -0.25) is 4.68 Å². The molecular weight excluding hydrogens is 246 g/mol. The van der Waals surface area contributed by atoms with E-state index in [9.17, 15) is 0 Å². The third-order valence-electron chi connectivity index (χ3n) is 3.81. The van der Waals surface area contributed by atoms with E-state index in [-0.39, 0.29) is 0 Å². The Hall–Kier alpha value is -1.61. The normalized spacial score (nSPS) is 12.6. The summed E-state index contributed by atoms with van der Waals surface area (Å²) in [5.41, 5.74) is 5.25. The number of hydrogen-bond donors (Lipinski definition) is 1. The highest BCUT2D eigenvalue weighted by atomic mass is 15.3. The molecule has 1 aromatic heterocycles. The van der Waals surface area contributed by atoms with E-state index in [0.717, 1.165) is 19.4 Å². The minimum Gasteiger partial charge on any atom is -0.310 e. The molecule has 1 N–H and O–H groups in total. The lowest BCUT2D eigenvalue weighted by Gasteiger charge is -2.19. The summed E-state index contributed by atoms with van der Waals surface area (Å²) in [5.74, 6) is 0. The fourth-order valence-corrected chi connectivity index (χ4v) is 2.54. The first-order valence-electron chi connectivity index (χ1n) is 7.39. The van der Waals surface area contributed by atoms with E-state index in [4.69, 9.17) is 0 Å². The molecule has 1 heterocycles. The zero-order valence-electron chi connectivity index (χ0n) is 13.0. The maximum Gasteiger partial charge on any atom is 0.0540 e. The SMILES string of the molecule is CCCNC(Cc1cccc(C)c1)c1cnn(C)c1C. The highest BCUT2D eigenvalue weighted by molar-refractivity contribution is 5.27. The molecule has 0 aliphatic rings. The Labute approximate surface area is 122 Å². The molecule has 20 heavy (non-hydrogen) atoms. The summed E-state index contributed by atoms with van der Waals surface area (Å²) < 4.78 is 1.95. The lowest BCUT2D eigenvalue weighted by molar-refractivity contribution is 0.526. The number of hydrogen-bond acceptors (Lipinski definition) is 2. The molecule has 2 aromatic rings. The third-order valence-corrected chi connectivity index (χ3v) is 3.81. The van der Waals surface area contributed by atoms with Gasteiger partial charge < -0.3 is 5.32 Å². The van der Waals surface area contributed by atoms with Crippen molar-refractivity contribution < 1.29 is 0 Å². The van der Waals surface area contributed by atoms with Crippen LogP contribution in [-0.4, -0.2) is 16.3 Å². The average Bonchev–Trinajstić information content (AvgIpc) is 2.75. The van der Waals surface area contributed by atoms with Gasteiger partial charge in [0, 0.05) is 24.3 Å². The van der Waals surface area contributed by atoms with Crippen molar-refractivity contribution in [2.24, 2.45) is 7.05 Å². The molecule has 0 amide bonds. The van der Waals surface area contributed by atoms with Gasteiger partial charge in [-0.1, -0.05) is 36.8 Å². The zero-order chi connectivity index (χ0) is 14.5. The third kappa shape index (κ3) is 3.48. The van der Waals surface area contributed by atoms with E-state index < -0.39 is 0 Å². The first-order chi connectivity index (χ1) is 9.61. The van der Waals surface area contributed by atoms with Gasteiger partial charge in [0.1, 0.15) is 0 Å². The van der Waals surface area contributed by atoms with Crippen LogP contribution in [0.25, 0.3) is 0 Å². The second-order valence-electron chi connectivity index (χ2n) is 5.51. The molecule has 3 nitrogen and oxygen atoms in total. The van der Waals surface area contributed by atoms with Crippen LogP contribution in [0.5, 0.6) is 0 Å². The van der Waals surface area contributed by atoms with Gasteiger partial charge in [0.2, 0.25) is 0 Å². The van der Waals surface area contributed by atoms with Crippen LogP contribution in [0.2, 0.25) is 0 Å². The van der Waals surface area contributed by atoms with Crippen LogP contribution in [0.3, 0.4) is 0 Å². The number of rotatable bonds is 6. The lowest BCUT2D eigenvalue weighted by atomic mass is 9.98. The zero-order valence-corrected chi connectivity index (χ0v) is 13.0. The Bertz CT molecular complexity index is 557. The smallest absolute Gasteiger partial charge is 0.0540 e. The molecule has 0 aliphatic carbocycles. The number of benzene rings is 1. The van der Waals surface area contributed by atoms with E-state index >= 15 is 0 Å². The van der Waals surface area contributed by atoms with E-state index in [1.807, 2.05) is 17.9 Å². The van der Waals surface area contributed by atoms with E-state index in [1.165, 1.54) is 22.4 Å². The van der Waals surface area contributed by atoms with Gasteiger partial charge in [-0.05, 0) is 38.8 Å². The number of aryl methyl sites for hydroxylation is 2. The summed E-state index contributed by atoms with van der Waals surface area (Å²) >= 11 is 0. The van der Waals surface area contributed by atoms with Gasteiger partial charge in [-0.25, -0.2) is 0 Å². The Morgan fingerprint density at radius 1 is 1.30 bits per heavy atom. The Morgan fingerprint density at radius 3 is 2.70 bits per heavy atom. The van der Waals surface area contributed by atoms with E-state index in [0.29, 0.717) is 6.04 Å². The van der Waals surface area contributed by atoms with Crippen LogP contribution in [0, 0.1) is 13.8 Å². The van der Waals surface area contributed by atoms with Crippen LogP contribution in [-0.2, 0) is 13.5 Å². The van der Waals surface area contributed by atoms with Crippen molar-refractivity contribution >= 4 is 0 Å². The first-order valence-corrected chi connectivity index (χ1v) is 7.39. The predicted octanol–water partition coefficient (Wildman–Crippen LogP) is 3.32. The summed E-state index contributed by atoms with van der Waals surface area (Å²) in [6.07, 6.45) is 4.15. The maximum absolute atomic E-state index is 4.38. The van der Waals surface area contributed by atoms with Crippen LogP contribution < -0.4 is 5.32 Å². The van der Waals surface area contributed by atoms with Crippen molar-refractivity contribution in [3.05, 3.63) is 52.8 Å². The lowest BCUT2D eigenvalue weighted by Crippen LogP contribution is -2.24. The second kappa shape index (κ2) is 6.71. The van der Waals surface area contributed by atoms with Crippen molar-refractivity contribution in [1.29, 1.82) is 0 Å². The topological polar surface area (TPSA) is 29.9 Å². The molecule has 0 saturated heterocycles. The molecule has 0 aliphatic heterocycles. The molecule has 0 spiro atoms. The number of nitrogens with zero attached hydrogens (tertiary/aromatic N) is 2. The number of aromatic nitrogens is 2. The highest BCUT2D eigenvalue weighted by Gasteiger charge is 2.16. The van der Waals surface area contributed by atoms with Crippen molar-refractivity contribution in [2.75, 3.05) is 6.54 Å². The summed E-state index contributed by atoms with van der Waals surface area (Å²) in [4.78, 5) is 0. The Balaban J connectivity index is 2.21.